The first-order chi connectivity index (χ1) is 11.0. The fourth-order valence-electron chi connectivity index (χ4n) is 3.16. The Kier molecular flexibility index (Phi) is 4.03. The molecular weight excluding hydrogens is 292 g/mol. The summed E-state index contributed by atoms with van der Waals surface area (Å²) in [4.78, 5) is 30.5. The van der Waals surface area contributed by atoms with Crippen molar-refractivity contribution in [3.05, 3.63) is 41.6 Å². The number of hydrogen-bond donors (Lipinski definition) is 1. The molecular formula is C18H20N2O3. The number of benzene rings is 1. The number of aliphatic carboxylic acids is 1. The summed E-state index contributed by atoms with van der Waals surface area (Å²) in [5, 5.41) is 10.2. The van der Waals surface area contributed by atoms with E-state index in [1.165, 1.54) is 0 Å². The summed E-state index contributed by atoms with van der Waals surface area (Å²) in [6.45, 7) is 4.13. The van der Waals surface area contributed by atoms with Gasteiger partial charge in [-0.15, -0.1) is 0 Å². The van der Waals surface area contributed by atoms with Crippen LogP contribution in [0.5, 0.6) is 0 Å². The molecule has 1 N–H and O–H groups in total. The number of aryl methyl sites for hydroxylation is 1. The third-order valence-corrected chi connectivity index (χ3v) is 4.58. The highest BCUT2D eigenvalue weighted by Crippen LogP contribution is 2.26. The Balaban J connectivity index is 1.99. The van der Waals surface area contributed by atoms with Crippen LogP contribution in [0.25, 0.3) is 10.9 Å². The summed E-state index contributed by atoms with van der Waals surface area (Å²) < 4.78 is 0. The second kappa shape index (κ2) is 5.99. The molecule has 23 heavy (non-hydrogen) atoms. The van der Waals surface area contributed by atoms with Gasteiger partial charge < -0.3 is 10.0 Å². The first-order valence-corrected chi connectivity index (χ1v) is 7.87. The summed E-state index contributed by atoms with van der Waals surface area (Å²) in [5.41, 5.74) is 2.08. The Bertz CT molecular complexity index is 772. The number of carboxylic acid groups (broad SMARTS) is 1. The molecule has 0 bridgehead atoms. The third kappa shape index (κ3) is 2.91. The Morgan fingerprint density at radius 1 is 1.22 bits per heavy atom. The van der Waals surface area contributed by atoms with Crippen molar-refractivity contribution in [2.45, 2.75) is 32.7 Å². The molecule has 1 aromatic heterocycles. The summed E-state index contributed by atoms with van der Waals surface area (Å²) in [7, 11) is 0. The van der Waals surface area contributed by atoms with Gasteiger partial charge in [0.05, 0.1) is 17.0 Å². The average Bonchev–Trinajstić information content (AvgIpc) is 2.53. The minimum Gasteiger partial charge on any atom is -0.481 e. The highest BCUT2D eigenvalue weighted by Gasteiger charge is 2.33. The van der Waals surface area contributed by atoms with E-state index in [2.05, 4.69) is 4.98 Å². The molecule has 2 aromatic rings. The lowest BCUT2D eigenvalue weighted by atomic mass is 9.92. The number of nitrogens with zero attached hydrogens (tertiary/aromatic N) is 2. The van der Waals surface area contributed by atoms with Crippen molar-refractivity contribution in [2.24, 2.45) is 5.92 Å². The maximum absolute atomic E-state index is 13.0. The smallest absolute Gasteiger partial charge is 0.308 e. The molecule has 1 aliphatic heterocycles. The molecule has 2 atom stereocenters. The number of hydrogen-bond acceptors (Lipinski definition) is 3. The second-order valence-electron chi connectivity index (χ2n) is 6.25. The van der Waals surface area contributed by atoms with Gasteiger partial charge in [-0.2, -0.15) is 0 Å². The van der Waals surface area contributed by atoms with Crippen molar-refractivity contribution >= 4 is 22.8 Å². The van der Waals surface area contributed by atoms with Crippen LogP contribution in [0.1, 0.15) is 35.8 Å². The maximum atomic E-state index is 13.0. The molecule has 2 heterocycles. The normalized spacial score (nSPS) is 21.4. The number of carboxylic acids is 1. The largest absolute Gasteiger partial charge is 0.481 e. The molecule has 1 saturated heterocycles. The molecule has 3 rings (SSSR count). The van der Waals surface area contributed by atoms with Crippen LogP contribution in [0.2, 0.25) is 0 Å². The summed E-state index contributed by atoms with van der Waals surface area (Å²) in [6.07, 6.45) is 1.33. The molecule has 2 unspecified atom stereocenters. The van der Waals surface area contributed by atoms with Gasteiger partial charge in [0.1, 0.15) is 0 Å². The van der Waals surface area contributed by atoms with Gasteiger partial charge in [0.15, 0.2) is 0 Å². The fraction of sp³-hybridized carbons (Fsp3) is 0.389. The van der Waals surface area contributed by atoms with Crippen LogP contribution in [0, 0.1) is 12.8 Å². The minimum atomic E-state index is -0.832. The van der Waals surface area contributed by atoms with Crippen LogP contribution in [0.15, 0.2) is 30.3 Å². The van der Waals surface area contributed by atoms with Crippen molar-refractivity contribution < 1.29 is 14.7 Å². The highest BCUT2D eigenvalue weighted by atomic mass is 16.4. The lowest BCUT2D eigenvalue weighted by molar-refractivity contribution is -0.143. The van der Waals surface area contributed by atoms with Gasteiger partial charge >= 0.3 is 5.97 Å². The lowest BCUT2D eigenvalue weighted by Gasteiger charge is -2.36. The van der Waals surface area contributed by atoms with Crippen LogP contribution in [0.3, 0.4) is 0 Å². The van der Waals surface area contributed by atoms with Crippen molar-refractivity contribution in [1.82, 2.24) is 9.88 Å². The number of piperidine rings is 1. The molecule has 0 aliphatic carbocycles. The van der Waals surface area contributed by atoms with Gasteiger partial charge in [-0.25, -0.2) is 0 Å². The Morgan fingerprint density at radius 2 is 2.00 bits per heavy atom. The number of para-hydroxylation sites is 1. The van der Waals surface area contributed by atoms with Crippen LogP contribution < -0.4 is 0 Å². The highest BCUT2D eigenvalue weighted by molar-refractivity contribution is 6.05. The van der Waals surface area contributed by atoms with E-state index in [1.807, 2.05) is 38.1 Å². The Hall–Kier alpha value is -2.43. The zero-order chi connectivity index (χ0) is 16.6. The van der Waals surface area contributed by atoms with Crippen LogP contribution in [0.4, 0.5) is 0 Å². The monoisotopic (exact) mass is 312 g/mol. The fourth-order valence-corrected chi connectivity index (χ4v) is 3.16. The molecule has 0 spiro atoms. The number of rotatable bonds is 2. The predicted molar refractivity (Wildman–Crippen MR) is 87.3 cm³/mol. The first-order valence-electron chi connectivity index (χ1n) is 7.87. The number of likely N-dealkylation sites (tertiary alicyclic amines) is 1. The number of amides is 1. The molecule has 1 amide bonds. The maximum Gasteiger partial charge on any atom is 0.308 e. The van der Waals surface area contributed by atoms with Crippen LogP contribution in [-0.2, 0) is 4.79 Å². The van der Waals surface area contributed by atoms with Crippen molar-refractivity contribution in [3.63, 3.8) is 0 Å². The molecule has 0 saturated carbocycles. The molecule has 5 nitrogen and oxygen atoms in total. The van der Waals surface area contributed by atoms with E-state index < -0.39 is 11.9 Å². The quantitative estimate of drug-likeness (QED) is 0.925. The van der Waals surface area contributed by atoms with E-state index in [4.69, 9.17) is 0 Å². The van der Waals surface area contributed by atoms with Gasteiger partial charge in [0.2, 0.25) is 0 Å². The molecule has 1 fully saturated rings. The van der Waals surface area contributed by atoms with E-state index in [-0.39, 0.29) is 18.5 Å². The first kappa shape index (κ1) is 15.5. The van der Waals surface area contributed by atoms with Gasteiger partial charge in [-0.3, -0.25) is 14.6 Å². The molecule has 1 aliphatic rings. The average molecular weight is 312 g/mol. The zero-order valence-electron chi connectivity index (χ0n) is 13.3. The topological polar surface area (TPSA) is 70.5 Å². The van der Waals surface area contributed by atoms with E-state index in [1.54, 1.807) is 11.0 Å². The SMILES string of the molecule is Cc1ccc2cccc(C(=O)N3CC(C(=O)O)CCC3C)c2n1. The number of aromatic nitrogens is 1. The molecule has 0 radical (unpaired) electrons. The second-order valence-corrected chi connectivity index (χ2v) is 6.25. The number of pyridine rings is 1. The Labute approximate surface area is 134 Å². The number of carbonyl (C=O) groups is 2. The van der Waals surface area contributed by atoms with Gasteiger partial charge in [-0.1, -0.05) is 18.2 Å². The standard InChI is InChI=1S/C18H20N2O3/c1-11-6-8-13-4-3-5-15(16(13)19-11)17(21)20-10-14(18(22)23)9-7-12(20)2/h3-6,8,12,14H,7,9-10H2,1-2H3,(H,22,23). The van der Waals surface area contributed by atoms with Crippen molar-refractivity contribution in [1.29, 1.82) is 0 Å². The number of fused-ring (bicyclic) bond motifs is 1. The minimum absolute atomic E-state index is 0.0400. The van der Waals surface area contributed by atoms with Crippen LogP contribution >= 0.6 is 0 Å². The predicted octanol–water partition coefficient (Wildman–Crippen LogP) is 2.87. The van der Waals surface area contributed by atoms with Gasteiger partial charge in [0, 0.05) is 23.7 Å². The lowest BCUT2D eigenvalue weighted by Crippen LogP contribution is -2.47. The Morgan fingerprint density at radius 3 is 2.74 bits per heavy atom. The molecule has 5 heteroatoms. The van der Waals surface area contributed by atoms with Gasteiger partial charge in [0.25, 0.3) is 5.91 Å². The summed E-state index contributed by atoms with van der Waals surface area (Å²) >= 11 is 0. The van der Waals surface area contributed by atoms with E-state index >= 15 is 0 Å². The zero-order valence-corrected chi connectivity index (χ0v) is 13.3. The summed E-state index contributed by atoms with van der Waals surface area (Å²) in [5.74, 6) is -1.45. The van der Waals surface area contributed by atoms with Crippen molar-refractivity contribution in [2.75, 3.05) is 6.54 Å². The van der Waals surface area contributed by atoms with Gasteiger partial charge in [-0.05, 0) is 38.8 Å². The molecule has 120 valence electrons. The van der Waals surface area contributed by atoms with Crippen LogP contribution in [-0.4, -0.2) is 39.5 Å². The molecule has 1 aromatic carbocycles. The van der Waals surface area contributed by atoms with E-state index in [0.29, 0.717) is 23.9 Å². The summed E-state index contributed by atoms with van der Waals surface area (Å²) in [6, 6.07) is 9.45. The number of carbonyl (C=O) groups excluding carboxylic acids is 1. The van der Waals surface area contributed by atoms with Crippen molar-refractivity contribution in [3.8, 4) is 0 Å². The third-order valence-electron chi connectivity index (χ3n) is 4.58. The van der Waals surface area contributed by atoms with E-state index in [9.17, 15) is 14.7 Å². The van der Waals surface area contributed by atoms with E-state index in [0.717, 1.165) is 11.1 Å².